The largest absolute Gasteiger partial charge is 0.394 e. The fraction of sp³-hybridized carbons (Fsp3) is 0.809. The van der Waals surface area contributed by atoms with Crippen molar-refractivity contribution in [2.24, 2.45) is 0 Å². The van der Waals surface area contributed by atoms with Gasteiger partial charge in [-0.2, -0.15) is 0 Å². The monoisotopic (exact) mass is 824 g/mol. The lowest BCUT2D eigenvalue weighted by Crippen LogP contribution is -2.60. The van der Waals surface area contributed by atoms with Crippen LogP contribution in [-0.4, -0.2) is 110 Å². The van der Waals surface area contributed by atoms with E-state index in [1.165, 1.54) is 64.2 Å². The van der Waals surface area contributed by atoms with Crippen LogP contribution in [0.15, 0.2) is 48.6 Å². The van der Waals surface area contributed by atoms with Crippen molar-refractivity contribution >= 4 is 5.91 Å². The fourth-order valence-corrected chi connectivity index (χ4v) is 6.94. The van der Waals surface area contributed by atoms with Gasteiger partial charge in [-0.3, -0.25) is 4.79 Å². The van der Waals surface area contributed by atoms with Crippen LogP contribution in [0, 0.1) is 0 Å². The van der Waals surface area contributed by atoms with Crippen molar-refractivity contribution in [2.45, 2.75) is 229 Å². The van der Waals surface area contributed by atoms with E-state index in [1.54, 1.807) is 0 Å². The molecular weight excluding hydrogens is 739 g/mol. The molecule has 0 saturated carbocycles. The number of nitrogens with one attached hydrogen (secondary N) is 1. The molecule has 0 aromatic rings. The minimum atomic E-state index is -1.67. The highest BCUT2D eigenvalue weighted by molar-refractivity contribution is 5.80. The quantitative estimate of drug-likeness (QED) is 0.0232. The van der Waals surface area contributed by atoms with Gasteiger partial charge in [0.1, 0.15) is 36.6 Å². The van der Waals surface area contributed by atoms with Gasteiger partial charge in [-0.05, 0) is 83.5 Å². The summed E-state index contributed by atoms with van der Waals surface area (Å²) in [4.78, 5) is 13.1. The zero-order valence-electron chi connectivity index (χ0n) is 36.3. The van der Waals surface area contributed by atoms with E-state index >= 15 is 0 Å². The molecule has 0 aromatic carbocycles. The average Bonchev–Trinajstić information content (AvgIpc) is 3.22. The minimum absolute atomic E-state index is 0.234. The van der Waals surface area contributed by atoms with E-state index in [0.717, 1.165) is 64.2 Å². The Kier molecular flexibility index (Phi) is 34.4. The van der Waals surface area contributed by atoms with Gasteiger partial charge in [-0.15, -0.1) is 0 Å². The topological polar surface area (TPSA) is 189 Å². The van der Waals surface area contributed by atoms with Gasteiger partial charge in [0.15, 0.2) is 6.29 Å². The van der Waals surface area contributed by atoms with E-state index in [4.69, 9.17) is 9.47 Å². The summed E-state index contributed by atoms with van der Waals surface area (Å²) in [6.45, 7) is 3.33. The van der Waals surface area contributed by atoms with E-state index in [-0.39, 0.29) is 12.8 Å². The SMILES string of the molecule is CCC/C=C/CC/C=C/CC/C=C/CCCC(O)C(O)C(COC1OC(CO)C(O)C(O)C1O)NC(=O)C(O)CCCCCC/C=C\CCCCCCCCCCC. The molecular formula is C47H85NO10. The van der Waals surface area contributed by atoms with Gasteiger partial charge in [-0.1, -0.05) is 140 Å². The smallest absolute Gasteiger partial charge is 0.249 e. The molecule has 338 valence electrons. The highest BCUT2D eigenvalue weighted by Crippen LogP contribution is 2.23. The Bertz CT molecular complexity index is 1080. The van der Waals surface area contributed by atoms with Crippen molar-refractivity contribution in [3.8, 4) is 0 Å². The Morgan fingerprint density at radius 2 is 1.07 bits per heavy atom. The molecule has 0 bridgehead atoms. The predicted molar refractivity (Wildman–Crippen MR) is 233 cm³/mol. The van der Waals surface area contributed by atoms with E-state index < -0.39 is 74.2 Å². The lowest BCUT2D eigenvalue weighted by Gasteiger charge is -2.40. The lowest BCUT2D eigenvalue weighted by molar-refractivity contribution is -0.303. The third-order valence-corrected chi connectivity index (χ3v) is 10.8. The second-order valence-corrected chi connectivity index (χ2v) is 16.1. The molecule has 58 heavy (non-hydrogen) atoms. The van der Waals surface area contributed by atoms with Crippen molar-refractivity contribution in [1.29, 1.82) is 0 Å². The number of carbonyl (C=O) groups excluding carboxylic acids is 1. The summed E-state index contributed by atoms with van der Waals surface area (Å²) in [5.74, 6) is -0.724. The van der Waals surface area contributed by atoms with Crippen molar-refractivity contribution < 1.29 is 50.0 Å². The number of hydrogen-bond acceptors (Lipinski definition) is 10. The fourth-order valence-electron chi connectivity index (χ4n) is 6.94. The van der Waals surface area contributed by atoms with Crippen molar-refractivity contribution in [3.05, 3.63) is 48.6 Å². The van der Waals surface area contributed by atoms with Gasteiger partial charge >= 0.3 is 0 Å². The average molecular weight is 824 g/mol. The van der Waals surface area contributed by atoms with E-state index in [1.807, 2.05) is 6.08 Å². The summed E-state index contributed by atoms with van der Waals surface area (Å²) in [6.07, 6.45) is 31.6. The molecule has 1 rings (SSSR count). The van der Waals surface area contributed by atoms with Crippen LogP contribution in [0.3, 0.4) is 0 Å². The minimum Gasteiger partial charge on any atom is -0.394 e. The molecule has 11 nitrogen and oxygen atoms in total. The molecule has 9 atom stereocenters. The number of rotatable bonds is 37. The summed E-state index contributed by atoms with van der Waals surface area (Å²) in [6, 6.07) is -1.20. The maximum atomic E-state index is 13.1. The first-order valence-corrected chi connectivity index (χ1v) is 23.0. The summed E-state index contributed by atoms with van der Waals surface area (Å²) in [5, 5.41) is 75.5. The summed E-state index contributed by atoms with van der Waals surface area (Å²) >= 11 is 0. The molecule has 0 radical (unpaired) electrons. The number of ether oxygens (including phenoxy) is 2. The normalized spacial score (nSPS) is 22.4. The zero-order chi connectivity index (χ0) is 42.6. The van der Waals surface area contributed by atoms with Crippen molar-refractivity contribution in [1.82, 2.24) is 5.32 Å². The Morgan fingerprint density at radius 3 is 1.60 bits per heavy atom. The predicted octanol–water partition coefficient (Wildman–Crippen LogP) is 7.39. The van der Waals surface area contributed by atoms with Crippen LogP contribution in [0.4, 0.5) is 0 Å². The molecule has 1 saturated heterocycles. The van der Waals surface area contributed by atoms with Gasteiger partial charge in [0.05, 0.1) is 25.4 Å². The molecule has 9 unspecified atom stereocenters. The maximum Gasteiger partial charge on any atom is 0.249 e. The van der Waals surface area contributed by atoms with E-state index in [0.29, 0.717) is 19.3 Å². The van der Waals surface area contributed by atoms with Crippen LogP contribution in [0.25, 0.3) is 0 Å². The Balaban J connectivity index is 2.50. The lowest BCUT2D eigenvalue weighted by atomic mass is 9.98. The van der Waals surface area contributed by atoms with Crippen LogP contribution in [-0.2, 0) is 14.3 Å². The Labute approximate surface area is 351 Å². The molecule has 0 aliphatic carbocycles. The van der Waals surface area contributed by atoms with Crippen LogP contribution < -0.4 is 5.32 Å². The zero-order valence-corrected chi connectivity index (χ0v) is 36.3. The van der Waals surface area contributed by atoms with Gasteiger partial charge in [0.25, 0.3) is 0 Å². The van der Waals surface area contributed by atoms with Crippen LogP contribution >= 0.6 is 0 Å². The van der Waals surface area contributed by atoms with Crippen LogP contribution in [0.2, 0.25) is 0 Å². The number of allylic oxidation sites excluding steroid dienone is 8. The highest BCUT2D eigenvalue weighted by atomic mass is 16.7. The molecule has 8 N–H and O–H groups in total. The highest BCUT2D eigenvalue weighted by Gasteiger charge is 2.44. The molecule has 1 aliphatic rings. The number of hydrogen-bond donors (Lipinski definition) is 8. The first-order chi connectivity index (χ1) is 28.2. The number of amides is 1. The van der Waals surface area contributed by atoms with Gasteiger partial charge in [0, 0.05) is 0 Å². The molecule has 11 heteroatoms. The molecule has 1 aliphatic heterocycles. The summed E-state index contributed by atoms with van der Waals surface area (Å²) < 4.78 is 11.1. The number of carbonyl (C=O) groups is 1. The maximum absolute atomic E-state index is 13.1. The molecule has 1 amide bonds. The standard InChI is InChI=1S/C47H85NO10/c1-3-5-7-9-11-13-15-17-19-20-21-23-25-27-29-31-33-35-40(51)46(56)48-38(37-57-47-45(55)44(54)43(53)41(36-49)58-47)42(52)39(50)34-32-30-28-26-24-22-18-16-14-12-10-8-6-4-2/h8,10,16,18,21,23,26,28,38-45,47,49-55H,3-7,9,11-15,17,19-20,22,24-25,27,29-37H2,1-2H3,(H,48,56)/b10-8+,18-16+,23-21-,28-26+. The van der Waals surface area contributed by atoms with Gasteiger partial charge in [0.2, 0.25) is 5.91 Å². The van der Waals surface area contributed by atoms with Crippen molar-refractivity contribution in [3.63, 3.8) is 0 Å². The van der Waals surface area contributed by atoms with Crippen LogP contribution in [0.5, 0.6) is 0 Å². The summed E-state index contributed by atoms with van der Waals surface area (Å²) in [7, 11) is 0. The first-order valence-electron chi connectivity index (χ1n) is 23.0. The van der Waals surface area contributed by atoms with Gasteiger partial charge in [-0.25, -0.2) is 0 Å². The summed E-state index contributed by atoms with van der Waals surface area (Å²) in [5.41, 5.74) is 0. The second kappa shape index (κ2) is 36.9. The Morgan fingerprint density at radius 1 is 0.586 bits per heavy atom. The van der Waals surface area contributed by atoms with Gasteiger partial charge < -0.3 is 50.5 Å². The molecule has 1 fully saturated rings. The third-order valence-electron chi connectivity index (χ3n) is 10.8. The van der Waals surface area contributed by atoms with E-state index in [2.05, 4.69) is 61.7 Å². The molecule has 0 spiro atoms. The Hall–Kier alpha value is -1.93. The number of unbranched alkanes of at least 4 members (excludes halogenated alkanes) is 17. The second-order valence-electron chi connectivity index (χ2n) is 16.1. The number of aliphatic hydroxyl groups excluding tert-OH is 7. The van der Waals surface area contributed by atoms with Crippen LogP contribution in [0.1, 0.15) is 174 Å². The first kappa shape index (κ1) is 54.1. The molecule has 1 heterocycles. The van der Waals surface area contributed by atoms with Crippen molar-refractivity contribution in [2.75, 3.05) is 13.2 Å². The number of aliphatic hydroxyl groups is 7. The molecule has 0 aromatic heterocycles. The third kappa shape index (κ3) is 26.3. The van der Waals surface area contributed by atoms with E-state index in [9.17, 15) is 40.5 Å².